The Bertz CT molecular complexity index is 771. The summed E-state index contributed by atoms with van der Waals surface area (Å²) in [4.78, 5) is 39.2. The van der Waals surface area contributed by atoms with E-state index in [9.17, 15) is 19.5 Å². The molecule has 2 N–H and O–H groups in total. The first-order valence-corrected chi connectivity index (χ1v) is 11.1. The number of carbonyl (C=O) groups is 3. The standard InChI is InChI=1S/C23H32N2O6/c1-3-30-23(29)18(14-31-17-10-5-4-6-11-17)24-15(2)21(26)25-19-12-8-7-9-16(19)13-20(25)22(27)28/h4-6,10-11,15-16,18-20,24H,3,7-9,12-14H2,1-2H3,(H,27,28)/t15-,16?,18?,19?,20-/m0/s1. The van der Waals surface area contributed by atoms with Gasteiger partial charge in [0.05, 0.1) is 12.6 Å². The zero-order valence-corrected chi connectivity index (χ0v) is 18.2. The summed E-state index contributed by atoms with van der Waals surface area (Å²) in [7, 11) is 0. The van der Waals surface area contributed by atoms with E-state index in [1.165, 1.54) is 0 Å². The number of nitrogens with zero attached hydrogens (tertiary/aromatic N) is 1. The van der Waals surface area contributed by atoms with Gasteiger partial charge in [0.25, 0.3) is 0 Å². The highest BCUT2D eigenvalue weighted by Crippen LogP contribution is 2.40. The van der Waals surface area contributed by atoms with Crippen LogP contribution in [0.15, 0.2) is 30.3 Å². The molecule has 2 aliphatic rings. The van der Waals surface area contributed by atoms with Crippen LogP contribution in [0.1, 0.15) is 46.0 Å². The normalized spacial score (nSPS) is 24.7. The average molecular weight is 433 g/mol. The lowest BCUT2D eigenvalue weighted by Crippen LogP contribution is -2.56. The molecule has 1 saturated heterocycles. The van der Waals surface area contributed by atoms with Gasteiger partial charge in [-0.25, -0.2) is 4.79 Å². The van der Waals surface area contributed by atoms with Gasteiger partial charge in [-0.05, 0) is 51.2 Å². The average Bonchev–Trinajstić information content (AvgIpc) is 3.16. The Balaban J connectivity index is 1.70. The number of fused-ring (bicyclic) bond motifs is 1. The molecule has 8 nitrogen and oxygen atoms in total. The highest BCUT2D eigenvalue weighted by atomic mass is 16.5. The summed E-state index contributed by atoms with van der Waals surface area (Å²) in [6.07, 6.45) is 4.35. The largest absolute Gasteiger partial charge is 0.491 e. The zero-order chi connectivity index (χ0) is 22.4. The first kappa shape index (κ1) is 23.1. The number of benzene rings is 1. The van der Waals surface area contributed by atoms with Crippen LogP contribution in [0, 0.1) is 5.92 Å². The fourth-order valence-electron chi connectivity index (χ4n) is 4.72. The lowest BCUT2D eigenvalue weighted by atomic mass is 9.84. The summed E-state index contributed by atoms with van der Waals surface area (Å²) in [6, 6.07) is 6.61. The van der Waals surface area contributed by atoms with Crippen molar-refractivity contribution in [3.8, 4) is 5.75 Å². The van der Waals surface area contributed by atoms with E-state index >= 15 is 0 Å². The van der Waals surface area contributed by atoms with Crippen LogP contribution in [0.4, 0.5) is 0 Å². The second kappa shape index (κ2) is 10.6. The Kier molecular flexibility index (Phi) is 7.90. The summed E-state index contributed by atoms with van der Waals surface area (Å²) < 4.78 is 10.8. The van der Waals surface area contributed by atoms with Crippen LogP contribution in [-0.4, -0.2) is 65.2 Å². The molecule has 1 aliphatic heterocycles. The summed E-state index contributed by atoms with van der Waals surface area (Å²) >= 11 is 0. The van der Waals surface area contributed by atoms with Crippen molar-refractivity contribution in [1.29, 1.82) is 0 Å². The third kappa shape index (κ3) is 5.55. The SMILES string of the molecule is CCOC(=O)C(COc1ccccc1)N[C@@H](C)C(=O)N1C2CCCCC2C[C@H]1C(=O)O. The predicted octanol–water partition coefficient (Wildman–Crippen LogP) is 2.22. The quantitative estimate of drug-likeness (QED) is 0.577. The second-order valence-corrected chi connectivity index (χ2v) is 8.26. The summed E-state index contributed by atoms with van der Waals surface area (Å²) in [5.41, 5.74) is 0. The number of carboxylic acid groups (broad SMARTS) is 1. The van der Waals surface area contributed by atoms with Crippen molar-refractivity contribution in [2.24, 2.45) is 5.92 Å². The van der Waals surface area contributed by atoms with Gasteiger partial charge >= 0.3 is 11.9 Å². The fraction of sp³-hybridized carbons (Fsp3) is 0.609. The number of rotatable bonds is 9. The van der Waals surface area contributed by atoms with Crippen LogP contribution >= 0.6 is 0 Å². The third-order valence-corrected chi connectivity index (χ3v) is 6.18. The number of esters is 1. The van der Waals surface area contributed by atoms with Crippen molar-refractivity contribution >= 4 is 17.8 Å². The van der Waals surface area contributed by atoms with Gasteiger partial charge in [-0.3, -0.25) is 14.9 Å². The molecule has 0 radical (unpaired) electrons. The number of ether oxygens (including phenoxy) is 2. The van der Waals surface area contributed by atoms with Crippen LogP contribution in [0.25, 0.3) is 0 Å². The molecule has 1 aromatic rings. The van der Waals surface area contributed by atoms with E-state index in [-0.39, 0.29) is 31.1 Å². The van der Waals surface area contributed by atoms with Crippen LogP contribution in [0.5, 0.6) is 5.75 Å². The number of likely N-dealkylation sites (tertiary alicyclic amines) is 1. The van der Waals surface area contributed by atoms with Crippen molar-refractivity contribution in [2.75, 3.05) is 13.2 Å². The molecule has 5 atom stereocenters. The Morgan fingerprint density at radius 3 is 2.58 bits per heavy atom. The van der Waals surface area contributed by atoms with Gasteiger partial charge in [0.15, 0.2) is 0 Å². The van der Waals surface area contributed by atoms with Crippen LogP contribution in [0.2, 0.25) is 0 Å². The third-order valence-electron chi connectivity index (χ3n) is 6.18. The Labute approximate surface area is 182 Å². The molecule has 1 saturated carbocycles. The van der Waals surface area contributed by atoms with Gasteiger partial charge in [0.1, 0.15) is 24.4 Å². The minimum absolute atomic E-state index is 0.00508. The van der Waals surface area contributed by atoms with Gasteiger partial charge in [-0.1, -0.05) is 31.0 Å². The Morgan fingerprint density at radius 1 is 1.19 bits per heavy atom. The second-order valence-electron chi connectivity index (χ2n) is 8.26. The minimum Gasteiger partial charge on any atom is -0.491 e. The van der Waals surface area contributed by atoms with Crippen molar-refractivity contribution in [2.45, 2.75) is 70.1 Å². The fourth-order valence-corrected chi connectivity index (χ4v) is 4.72. The van der Waals surface area contributed by atoms with E-state index in [1.54, 1.807) is 30.9 Å². The molecule has 0 bridgehead atoms. The van der Waals surface area contributed by atoms with E-state index in [0.717, 1.165) is 25.7 Å². The zero-order valence-electron chi connectivity index (χ0n) is 18.2. The molecule has 31 heavy (non-hydrogen) atoms. The van der Waals surface area contributed by atoms with Crippen LogP contribution in [0.3, 0.4) is 0 Å². The van der Waals surface area contributed by atoms with Gasteiger partial charge in [0.2, 0.25) is 5.91 Å². The van der Waals surface area contributed by atoms with Gasteiger partial charge in [-0.15, -0.1) is 0 Å². The van der Waals surface area contributed by atoms with Gasteiger partial charge in [0, 0.05) is 6.04 Å². The number of carboxylic acids is 1. The number of aliphatic carboxylic acids is 1. The molecule has 3 unspecified atom stereocenters. The molecular formula is C23H32N2O6. The monoisotopic (exact) mass is 432 g/mol. The first-order chi connectivity index (χ1) is 14.9. The van der Waals surface area contributed by atoms with Crippen LogP contribution in [-0.2, 0) is 19.1 Å². The maximum Gasteiger partial charge on any atom is 0.326 e. The van der Waals surface area contributed by atoms with E-state index in [4.69, 9.17) is 9.47 Å². The number of hydrogen-bond acceptors (Lipinski definition) is 6. The van der Waals surface area contributed by atoms with Crippen molar-refractivity contribution in [3.63, 3.8) is 0 Å². The number of amides is 1. The van der Waals surface area contributed by atoms with Crippen molar-refractivity contribution < 1.29 is 29.0 Å². The van der Waals surface area contributed by atoms with Gasteiger partial charge < -0.3 is 19.5 Å². The van der Waals surface area contributed by atoms with E-state index in [1.807, 2.05) is 18.2 Å². The highest BCUT2D eigenvalue weighted by molar-refractivity contribution is 5.88. The van der Waals surface area contributed by atoms with E-state index < -0.39 is 30.1 Å². The summed E-state index contributed by atoms with van der Waals surface area (Å²) in [5, 5.41) is 12.7. The molecule has 1 aromatic carbocycles. The van der Waals surface area contributed by atoms with Gasteiger partial charge in [-0.2, -0.15) is 0 Å². The Hall–Kier alpha value is -2.61. The molecule has 1 aliphatic carbocycles. The lowest BCUT2D eigenvalue weighted by molar-refractivity contribution is -0.152. The molecule has 2 fully saturated rings. The summed E-state index contributed by atoms with van der Waals surface area (Å²) in [5.74, 6) is -0.939. The molecule has 1 amide bonds. The van der Waals surface area contributed by atoms with Crippen molar-refractivity contribution in [1.82, 2.24) is 10.2 Å². The molecule has 1 heterocycles. The molecule has 3 rings (SSSR count). The maximum atomic E-state index is 13.3. The molecule has 0 spiro atoms. The molecule has 170 valence electrons. The summed E-state index contributed by atoms with van der Waals surface area (Å²) in [6.45, 7) is 3.58. The molecule has 0 aromatic heterocycles. The first-order valence-electron chi connectivity index (χ1n) is 11.1. The van der Waals surface area contributed by atoms with Crippen LogP contribution < -0.4 is 10.1 Å². The highest BCUT2D eigenvalue weighted by Gasteiger charge is 2.48. The lowest BCUT2D eigenvalue weighted by Gasteiger charge is -2.35. The maximum absolute atomic E-state index is 13.3. The predicted molar refractivity (Wildman–Crippen MR) is 114 cm³/mol. The number of carbonyl (C=O) groups excluding carboxylic acids is 2. The molecule has 8 heteroatoms. The Morgan fingerprint density at radius 2 is 1.90 bits per heavy atom. The number of nitrogens with one attached hydrogen (secondary N) is 1. The minimum atomic E-state index is -0.968. The van der Waals surface area contributed by atoms with E-state index in [2.05, 4.69) is 5.32 Å². The van der Waals surface area contributed by atoms with Crippen molar-refractivity contribution in [3.05, 3.63) is 30.3 Å². The number of para-hydroxylation sites is 1. The molecular weight excluding hydrogens is 400 g/mol. The number of hydrogen-bond donors (Lipinski definition) is 2. The smallest absolute Gasteiger partial charge is 0.326 e. The van der Waals surface area contributed by atoms with E-state index in [0.29, 0.717) is 12.2 Å². The topological polar surface area (TPSA) is 105 Å².